The van der Waals surface area contributed by atoms with Crippen molar-refractivity contribution in [2.24, 2.45) is 5.92 Å². The van der Waals surface area contributed by atoms with Gasteiger partial charge >= 0.3 is 0 Å². The van der Waals surface area contributed by atoms with E-state index in [1.165, 1.54) is 24.1 Å². The first-order chi connectivity index (χ1) is 17.8. The summed E-state index contributed by atoms with van der Waals surface area (Å²) in [6.07, 6.45) is 1.22. The molecule has 2 aromatic rings. The number of anilines is 1. The van der Waals surface area contributed by atoms with E-state index < -0.39 is 33.4 Å². The van der Waals surface area contributed by atoms with Crippen molar-refractivity contribution in [3.8, 4) is 5.75 Å². The van der Waals surface area contributed by atoms with Crippen LogP contribution >= 0.6 is 0 Å². The number of sulfonamides is 1. The molecule has 0 bridgehead atoms. The molecule has 208 valence electrons. The summed E-state index contributed by atoms with van der Waals surface area (Å²) < 4.78 is 31.6. The average molecular weight is 549 g/mol. The summed E-state index contributed by atoms with van der Waals surface area (Å²) in [5.41, 5.74) is 0.877. The summed E-state index contributed by atoms with van der Waals surface area (Å²) >= 11 is 0. The highest BCUT2D eigenvalue weighted by molar-refractivity contribution is 7.92. The van der Waals surface area contributed by atoms with Crippen molar-refractivity contribution in [1.29, 1.82) is 0 Å². The van der Waals surface area contributed by atoms with Crippen LogP contribution in [0.5, 0.6) is 5.75 Å². The number of aryl methyl sites for hydroxylation is 1. The maximum atomic E-state index is 13.8. The van der Waals surface area contributed by atoms with Gasteiger partial charge in [-0.15, -0.1) is 0 Å². The number of non-ortho nitro benzene ring substituents is 1. The van der Waals surface area contributed by atoms with Gasteiger partial charge in [0, 0.05) is 25.2 Å². The van der Waals surface area contributed by atoms with Gasteiger partial charge in [-0.1, -0.05) is 39.0 Å². The molecule has 0 aliphatic carbocycles. The first kappa shape index (κ1) is 30.6. The molecular formula is C26H36N4O7S. The van der Waals surface area contributed by atoms with Gasteiger partial charge in [0.25, 0.3) is 5.69 Å². The van der Waals surface area contributed by atoms with Crippen molar-refractivity contribution in [2.45, 2.75) is 46.7 Å². The summed E-state index contributed by atoms with van der Waals surface area (Å²) in [7, 11) is -2.49. The van der Waals surface area contributed by atoms with E-state index >= 15 is 0 Å². The molecule has 0 aliphatic heterocycles. The smallest absolute Gasteiger partial charge is 0.271 e. The number of methoxy groups -OCH3 is 1. The van der Waals surface area contributed by atoms with Crippen molar-refractivity contribution < 1.29 is 27.7 Å². The molecule has 0 spiro atoms. The molecule has 38 heavy (non-hydrogen) atoms. The molecule has 11 nitrogen and oxygen atoms in total. The van der Waals surface area contributed by atoms with Gasteiger partial charge in [-0.2, -0.15) is 0 Å². The lowest BCUT2D eigenvalue weighted by Crippen LogP contribution is -2.52. The van der Waals surface area contributed by atoms with Crippen LogP contribution in [-0.2, 0) is 26.2 Å². The number of ether oxygens (including phenoxy) is 1. The first-order valence-electron chi connectivity index (χ1n) is 12.2. The number of nitrogens with one attached hydrogen (secondary N) is 1. The predicted octanol–water partition coefficient (Wildman–Crippen LogP) is 3.26. The summed E-state index contributed by atoms with van der Waals surface area (Å²) in [6, 6.07) is 9.94. The van der Waals surface area contributed by atoms with Crippen LogP contribution in [0.2, 0.25) is 0 Å². The molecule has 0 aromatic heterocycles. The lowest BCUT2D eigenvalue weighted by Gasteiger charge is -2.33. The molecule has 0 saturated carbocycles. The Balaban J connectivity index is 2.50. The molecular weight excluding hydrogens is 512 g/mol. The van der Waals surface area contributed by atoms with Crippen LogP contribution in [0.3, 0.4) is 0 Å². The highest BCUT2D eigenvalue weighted by atomic mass is 32.2. The van der Waals surface area contributed by atoms with Gasteiger partial charge in [0.05, 0.1) is 24.0 Å². The van der Waals surface area contributed by atoms with E-state index in [0.29, 0.717) is 29.8 Å². The van der Waals surface area contributed by atoms with Crippen molar-refractivity contribution in [3.05, 3.63) is 63.7 Å². The number of rotatable bonds is 13. The van der Waals surface area contributed by atoms with Gasteiger partial charge in [0.15, 0.2) is 0 Å². The number of nitrogens with zero attached hydrogens (tertiary/aromatic N) is 3. The normalized spacial score (nSPS) is 12.1. The molecule has 1 atom stereocenters. The van der Waals surface area contributed by atoms with Crippen LogP contribution in [0.4, 0.5) is 11.4 Å². The van der Waals surface area contributed by atoms with Crippen LogP contribution in [0.25, 0.3) is 0 Å². The minimum Gasteiger partial charge on any atom is -0.497 e. The highest BCUT2D eigenvalue weighted by Gasteiger charge is 2.32. The molecule has 0 heterocycles. The Morgan fingerprint density at radius 3 is 2.26 bits per heavy atom. The minimum atomic E-state index is -4.02. The number of carbonyl (C=O) groups is 2. The lowest BCUT2D eigenvalue weighted by molar-refractivity contribution is -0.384. The minimum absolute atomic E-state index is 0.0248. The van der Waals surface area contributed by atoms with Crippen molar-refractivity contribution in [1.82, 2.24) is 10.2 Å². The maximum absolute atomic E-state index is 13.8. The van der Waals surface area contributed by atoms with Crippen LogP contribution in [0, 0.1) is 23.0 Å². The Labute approximate surface area is 224 Å². The van der Waals surface area contributed by atoms with Gasteiger partial charge in [0.1, 0.15) is 18.3 Å². The molecule has 2 aromatic carbocycles. The van der Waals surface area contributed by atoms with E-state index in [1.807, 2.05) is 13.8 Å². The van der Waals surface area contributed by atoms with E-state index in [-0.39, 0.29) is 29.7 Å². The zero-order valence-corrected chi connectivity index (χ0v) is 23.4. The predicted molar refractivity (Wildman–Crippen MR) is 145 cm³/mol. The topological polar surface area (TPSA) is 139 Å². The summed E-state index contributed by atoms with van der Waals surface area (Å²) in [6.45, 7) is 7.10. The maximum Gasteiger partial charge on any atom is 0.271 e. The molecule has 2 rings (SSSR count). The van der Waals surface area contributed by atoms with Gasteiger partial charge in [-0.05, 0) is 42.5 Å². The summed E-state index contributed by atoms with van der Waals surface area (Å²) in [5, 5.41) is 14.2. The number of carbonyl (C=O) groups excluding carboxylic acids is 2. The van der Waals surface area contributed by atoms with Crippen molar-refractivity contribution >= 4 is 33.2 Å². The zero-order chi connectivity index (χ0) is 28.6. The van der Waals surface area contributed by atoms with Gasteiger partial charge < -0.3 is 15.0 Å². The Hall–Kier alpha value is -3.67. The second kappa shape index (κ2) is 13.2. The third-order valence-corrected chi connectivity index (χ3v) is 7.06. The number of amides is 2. The SMILES string of the molecule is CCC(C(=O)NCC(C)C)N(Cc1ccc(OC)cc1)C(=O)CN(c1cc([N+](=O)[O-])ccc1C)S(C)(=O)=O. The quantitative estimate of drug-likeness (QED) is 0.299. The zero-order valence-electron chi connectivity index (χ0n) is 22.6. The fraction of sp³-hybridized carbons (Fsp3) is 0.462. The molecule has 0 aliphatic rings. The first-order valence-corrected chi connectivity index (χ1v) is 14.1. The molecule has 1 N–H and O–H groups in total. The van der Waals surface area contributed by atoms with E-state index in [0.717, 1.165) is 16.6 Å². The van der Waals surface area contributed by atoms with Crippen molar-refractivity contribution in [2.75, 3.05) is 30.8 Å². The summed E-state index contributed by atoms with van der Waals surface area (Å²) in [4.78, 5) is 38.9. The van der Waals surface area contributed by atoms with E-state index in [4.69, 9.17) is 4.74 Å². The van der Waals surface area contributed by atoms with Gasteiger partial charge in [-0.25, -0.2) is 8.42 Å². The number of hydrogen-bond donors (Lipinski definition) is 1. The number of nitro groups is 1. The highest BCUT2D eigenvalue weighted by Crippen LogP contribution is 2.28. The number of nitro benzene ring substituents is 1. The third kappa shape index (κ3) is 8.17. The fourth-order valence-corrected chi connectivity index (χ4v) is 4.74. The monoisotopic (exact) mass is 548 g/mol. The Morgan fingerprint density at radius 2 is 1.76 bits per heavy atom. The standard InChI is InChI=1S/C26H36N4O7S/c1-7-23(26(32)27-15-18(2)3)28(16-20-9-12-22(37-5)13-10-20)25(31)17-29(38(6,35)36)24-14-21(30(33)34)11-8-19(24)4/h8-14,18,23H,7,15-17H2,1-6H3,(H,27,32). The van der Waals surface area contributed by atoms with Crippen LogP contribution < -0.4 is 14.4 Å². The molecule has 0 saturated heterocycles. The second-order valence-corrected chi connectivity index (χ2v) is 11.3. The molecule has 0 radical (unpaired) electrons. The van der Waals surface area contributed by atoms with Crippen LogP contribution in [0.1, 0.15) is 38.3 Å². The lowest BCUT2D eigenvalue weighted by atomic mass is 10.1. The number of benzene rings is 2. The number of hydrogen-bond acceptors (Lipinski definition) is 7. The largest absolute Gasteiger partial charge is 0.497 e. The van der Waals surface area contributed by atoms with Gasteiger partial charge in [-0.3, -0.25) is 24.0 Å². The molecule has 12 heteroatoms. The molecule has 0 fully saturated rings. The second-order valence-electron chi connectivity index (χ2n) is 9.43. The third-order valence-electron chi connectivity index (χ3n) is 5.93. The Bertz CT molecular complexity index is 1250. The average Bonchev–Trinajstić information content (AvgIpc) is 2.85. The Kier molecular flexibility index (Phi) is 10.6. The summed E-state index contributed by atoms with van der Waals surface area (Å²) in [5.74, 6) is -0.151. The van der Waals surface area contributed by atoms with Crippen LogP contribution in [0.15, 0.2) is 42.5 Å². The van der Waals surface area contributed by atoms with E-state index in [2.05, 4.69) is 5.32 Å². The van der Waals surface area contributed by atoms with Crippen molar-refractivity contribution in [3.63, 3.8) is 0 Å². The van der Waals surface area contributed by atoms with Crippen LogP contribution in [-0.4, -0.2) is 62.6 Å². The Morgan fingerprint density at radius 1 is 1.13 bits per heavy atom. The molecule has 1 unspecified atom stereocenters. The van der Waals surface area contributed by atoms with E-state index in [9.17, 15) is 28.1 Å². The van der Waals surface area contributed by atoms with E-state index in [1.54, 1.807) is 38.1 Å². The molecule has 2 amide bonds. The fourth-order valence-electron chi connectivity index (χ4n) is 3.84. The van der Waals surface area contributed by atoms with Gasteiger partial charge in [0.2, 0.25) is 21.8 Å².